The van der Waals surface area contributed by atoms with Crippen LogP contribution in [0.15, 0.2) is 48.5 Å². The van der Waals surface area contributed by atoms with E-state index in [4.69, 9.17) is 4.74 Å². The first-order valence-electron chi connectivity index (χ1n) is 8.35. The molecule has 128 valence electrons. The lowest BCUT2D eigenvalue weighted by Crippen LogP contribution is -2.39. The Morgan fingerprint density at radius 1 is 1.08 bits per heavy atom. The highest BCUT2D eigenvalue weighted by molar-refractivity contribution is 5.81. The zero-order valence-corrected chi connectivity index (χ0v) is 14.4. The second-order valence-corrected chi connectivity index (χ2v) is 5.79. The first-order chi connectivity index (χ1) is 11.5. The van der Waals surface area contributed by atoms with Crippen molar-refractivity contribution in [2.24, 2.45) is 0 Å². The van der Waals surface area contributed by atoms with Gasteiger partial charge in [0.05, 0.1) is 6.04 Å². The molecule has 0 spiro atoms. The Labute approximate surface area is 142 Å². The van der Waals surface area contributed by atoms with Crippen LogP contribution in [-0.2, 0) is 11.2 Å². The number of ether oxygens (including phenoxy) is 1. The molecule has 0 aromatic heterocycles. The summed E-state index contributed by atoms with van der Waals surface area (Å²) in [5.74, 6) is 0.222. The normalized spacial score (nSPS) is 13.2. The van der Waals surface area contributed by atoms with Crippen molar-refractivity contribution in [3.63, 3.8) is 0 Å². The van der Waals surface area contributed by atoms with E-state index in [-0.39, 0.29) is 17.8 Å². The number of amides is 1. The fourth-order valence-electron chi connectivity index (χ4n) is 2.43. The third-order valence-electron chi connectivity index (χ3n) is 4.00. The van der Waals surface area contributed by atoms with Gasteiger partial charge in [0.2, 0.25) is 0 Å². The number of carbonyl (C=O) groups is 1. The van der Waals surface area contributed by atoms with Gasteiger partial charge in [-0.2, -0.15) is 0 Å². The molecule has 2 aromatic rings. The summed E-state index contributed by atoms with van der Waals surface area (Å²) in [7, 11) is 0. The molecule has 0 radical (unpaired) electrons. The van der Waals surface area contributed by atoms with Gasteiger partial charge < -0.3 is 10.1 Å². The molecule has 2 rings (SSSR count). The Kier molecular flexibility index (Phi) is 6.36. The van der Waals surface area contributed by atoms with Crippen LogP contribution in [0.2, 0.25) is 0 Å². The maximum atomic E-state index is 13.0. The summed E-state index contributed by atoms with van der Waals surface area (Å²) in [5, 5.41) is 2.92. The van der Waals surface area contributed by atoms with Crippen molar-refractivity contribution in [1.82, 2.24) is 5.32 Å². The third kappa shape index (κ3) is 4.82. The molecule has 4 heteroatoms. The van der Waals surface area contributed by atoms with Crippen molar-refractivity contribution < 1.29 is 13.9 Å². The van der Waals surface area contributed by atoms with Crippen LogP contribution in [0.3, 0.4) is 0 Å². The average Bonchev–Trinajstić information content (AvgIpc) is 2.60. The van der Waals surface area contributed by atoms with E-state index in [1.54, 1.807) is 12.1 Å². The SMILES string of the molecule is CCc1ccc(O[C@@H](CC)C(=O)N[C@@H](C)c2ccc(F)cc2)cc1. The molecule has 0 heterocycles. The van der Waals surface area contributed by atoms with Gasteiger partial charge in [-0.05, 0) is 55.2 Å². The Bertz CT molecular complexity index is 652. The van der Waals surface area contributed by atoms with Crippen LogP contribution in [0, 0.1) is 5.82 Å². The lowest BCUT2D eigenvalue weighted by molar-refractivity contribution is -0.128. The van der Waals surface area contributed by atoms with Crippen LogP contribution in [0.1, 0.15) is 44.4 Å². The number of aryl methyl sites for hydroxylation is 1. The summed E-state index contributed by atoms with van der Waals surface area (Å²) < 4.78 is 18.8. The Balaban J connectivity index is 1.98. The van der Waals surface area contributed by atoms with E-state index in [9.17, 15) is 9.18 Å². The summed E-state index contributed by atoms with van der Waals surface area (Å²) >= 11 is 0. The predicted molar refractivity (Wildman–Crippen MR) is 93.5 cm³/mol. The number of rotatable bonds is 7. The minimum Gasteiger partial charge on any atom is -0.481 e. The van der Waals surface area contributed by atoms with Gasteiger partial charge in [0, 0.05) is 0 Å². The molecule has 0 unspecified atom stereocenters. The quantitative estimate of drug-likeness (QED) is 0.816. The number of nitrogens with one attached hydrogen (secondary N) is 1. The first kappa shape index (κ1) is 18.0. The first-order valence-corrected chi connectivity index (χ1v) is 8.35. The van der Waals surface area contributed by atoms with Gasteiger partial charge in [0.25, 0.3) is 5.91 Å². The molecule has 1 amide bonds. The van der Waals surface area contributed by atoms with Gasteiger partial charge in [-0.25, -0.2) is 4.39 Å². The third-order valence-corrected chi connectivity index (χ3v) is 4.00. The number of carbonyl (C=O) groups excluding carboxylic acids is 1. The number of benzene rings is 2. The van der Waals surface area contributed by atoms with Crippen LogP contribution in [0.25, 0.3) is 0 Å². The second kappa shape index (κ2) is 8.48. The molecule has 0 bridgehead atoms. The molecule has 2 aromatic carbocycles. The van der Waals surface area contributed by atoms with Gasteiger partial charge in [-0.15, -0.1) is 0 Å². The van der Waals surface area contributed by atoms with E-state index < -0.39 is 6.10 Å². The molecule has 0 aliphatic rings. The van der Waals surface area contributed by atoms with E-state index in [1.165, 1.54) is 17.7 Å². The van der Waals surface area contributed by atoms with Crippen molar-refractivity contribution in [2.45, 2.75) is 45.8 Å². The van der Waals surface area contributed by atoms with Gasteiger partial charge >= 0.3 is 0 Å². The summed E-state index contributed by atoms with van der Waals surface area (Å²) in [6, 6.07) is 13.7. The summed E-state index contributed by atoms with van der Waals surface area (Å²) in [6.07, 6.45) is 0.977. The largest absolute Gasteiger partial charge is 0.481 e. The lowest BCUT2D eigenvalue weighted by Gasteiger charge is -2.21. The van der Waals surface area contributed by atoms with Gasteiger partial charge in [-0.1, -0.05) is 38.1 Å². The topological polar surface area (TPSA) is 38.3 Å². The molecule has 0 saturated heterocycles. The standard InChI is InChI=1S/C20H24FNO2/c1-4-15-6-12-18(13-7-15)24-19(5-2)20(23)22-14(3)16-8-10-17(21)11-9-16/h6-14,19H,4-5H2,1-3H3,(H,22,23)/t14-,19-/m0/s1. The lowest BCUT2D eigenvalue weighted by atomic mass is 10.1. The van der Waals surface area contributed by atoms with Crippen LogP contribution < -0.4 is 10.1 Å². The molecular formula is C20H24FNO2. The Hall–Kier alpha value is -2.36. The highest BCUT2D eigenvalue weighted by Gasteiger charge is 2.20. The van der Waals surface area contributed by atoms with E-state index in [1.807, 2.05) is 38.1 Å². The Morgan fingerprint density at radius 3 is 2.25 bits per heavy atom. The van der Waals surface area contributed by atoms with Crippen LogP contribution in [0.4, 0.5) is 4.39 Å². The van der Waals surface area contributed by atoms with Crippen molar-refractivity contribution in [2.75, 3.05) is 0 Å². The molecule has 0 aliphatic heterocycles. The molecule has 0 saturated carbocycles. The molecule has 0 aliphatic carbocycles. The number of hydrogen-bond acceptors (Lipinski definition) is 2. The minimum absolute atomic E-state index is 0.172. The summed E-state index contributed by atoms with van der Waals surface area (Å²) in [4.78, 5) is 12.4. The highest BCUT2D eigenvalue weighted by atomic mass is 19.1. The average molecular weight is 329 g/mol. The fourth-order valence-corrected chi connectivity index (χ4v) is 2.43. The molecule has 0 fully saturated rings. The predicted octanol–water partition coefficient (Wildman–Crippen LogP) is 4.42. The molecule has 1 N–H and O–H groups in total. The van der Waals surface area contributed by atoms with Gasteiger partial charge in [-0.3, -0.25) is 4.79 Å². The van der Waals surface area contributed by atoms with Crippen molar-refractivity contribution in [1.29, 1.82) is 0 Å². The smallest absolute Gasteiger partial charge is 0.261 e. The monoisotopic (exact) mass is 329 g/mol. The molecular weight excluding hydrogens is 305 g/mol. The summed E-state index contributed by atoms with van der Waals surface area (Å²) in [5.41, 5.74) is 2.08. The molecule has 2 atom stereocenters. The van der Waals surface area contributed by atoms with E-state index in [2.05, 4.69) is 12.2 Å². The fraction of sp³-hybridized carbons (Fsp3) is 0.350. The van der Waals surface area contributed by atoms with E-state index in [0.717, 1.165) is 12.0 Å². The molecule has 3 nitrogen and oxygen atoms in total. The van der Waals surface area contributed by atoms with Crippen molar-refractivity contribution >= 4 is 5.91 Å². The zero-order chi connectivity index (χ0) is 17.5. The maximum Gasteiger partial charge on any atom is 0.261 e. The minimum atomic E-state index is -0.555. The number of hydrogen-bond donors (Lipinski definition) is 1. The number of halogens is 1. The Morgan fingerprint density at radius 2 is 1.71 bits per heavy atom. The van der Waals surface area contributed by atoms with Crippen molar-refractivity contribution in [3.8, 4) is 5.75 Å². The van der Waals surface area contributed by atoms with E-state index in [0.29, 0.717) is 12.2 Å². The van der Waals surface area contributed by atoms with Gasteiger partial charge in [0.1, 0.15) is 11.6 Å². The molecule has 24 heavy (non-hydrogen) atoms. The maximum absolute atomic E-state index is 13.0. The highest BCUT2D eigenvalue weighted by Crippen LogP contribution is 2.17. The zero-order valence-electron chi connectivity index (χ0n) is 14.4. The van der Waals surface area contributed by atoms with Crippen LogP contribution >= 0.6 is 0 Å². The van der Waals surface area contributed by atoms with Crippen LogP contribution in [-0.4, -0.2) is 12.0 Å². The summed E-state index contributed by atoms with van der Waals surface area (Å²) in [6.45, 7) is 5.87. The van der Waals surface area contributed by atoms with E-state index >= 15 is 0 Å². The van der Waals surface area contributed by atoms with Gasteiger partial charge in [0.15, 0.2) is 6.10 Å². The van der Waals surface area contributed by atoms with Crippen LogP contribution in [0.5, 0.6) is 5.75 Å². The second-order valence-electron chi connectivity index (χ2n) is 5.79. The van der Waals surface area contributed by atoms with Crippen molar-refractivity contribution in [3.05, 3.63) is 65.5 Å².